The lowest BCUT2D eigenvalue weighted by molar-refractivity contribution is -0.140. The Kier molecular flexibility index (Phi) is 5.31. The number of nitrogens with zero attached hydrogens (tertiary/aromatic N) is 2. The van der Waals surface area contributed by atoms with Crippen LogP contribution in [-0.4, -0.2) is 59.7 Å². The van der Waals surface area contributed by atoms with Crippen LogP contribution in [0.1, 0.15) is 24.8 Å². The molecule has 1 unspecified atom stereocenters. The summed E-state index contributed by atoms with van der Waals surface area (Å²) in [6.07, 6.45) is 1.57. The highest BCUT2D eigenvalue weighted by atomic mass is 19.1. The number of nitrogens with one attached hydrogen (secondary N) is 1. The van der Waals surface area contributed by atoms with E-state index >= 15 is 0 Å². The van der Waals surface area contributed by atoms with Crippen LogP contribution in [0.3, 0.4) is 0 Å². The molecule has 1 atom stereocenters. The maximum atomic E-state index is 13.6. The van der Waals surface area contributed by atoms with Crippen molar-refractivity contribution in [2.75, 3.05) is 26.2 Å². The van der Waals surface area contributed by atoms with Gasteiger partial charge < -0.3 is 15.1 Å². The number of rotatable bonds is 4. The lowest BCUT2D eigenvalue weighted by atomic mass is 10.1. The van der Waals surface area contributed by atoms with Crippen LogP contribution in [0, 0.1) is 5.82 Å². The van der Waals surface area contributed by atoms with Crippen molar-refractivity contribution in [3.63, 3.8) is 0 Å². The molecule has 0 spiro atoms. The molecule has 0 aromatic heterocycles. The van der Waals surface area contributed by atoms with E-state index in [0.717, 1.165) is 0 Å². The van der Waals surface area contributed by atoms with E-state index in [2.05, 4.69) is 5.32 Å². The molecule has 1 N–H and O–H groups in total. The first-order valence-corrected chi connectivity index (χ1v) is 8.64. The van der Waals surface area contributed by atoms with Gasteiger partial charge in [0.1, 0.15) is 11.9 Å². The smallest absolute Gasteiger partial charge is 0.245 e. The largest absolute Gasteiger partial charge is 0.344 e. The monoisotopic (exact) mass is 347 g/mol. The summed E-state index contributed by atoms with van der Waals surface area (Å²) in [5.74, 6) is -0.460. The van der Waals surface area contributed by atoms with Gasteiger partial charge in [0.2, 0.25) is 17.7 Å². The topological polar surface area (TPSA) is 69.7 Å². The van der Waals surface area contributed by atoms with E-state index in [0.29, 0.717) is 51.0 Å². The Labute approximate surface area is 146 Å². The molecule has 2 aliphatic rings. The summed E-state index contributed by atoms with van der Waals surface area (Å²) in [6.45, 7) is 1.89. The van der Waals surface area contributed by atoms with Crippen LogP contribution in [0.15, 0.2) is 24.3 Å². The van der Waals surface area contributed by atoms with Gasteiger partial charge in [-0.3, -0.25) is 14.4 Å². The Balaban J connectivity index is 1.45. The molecule has 25 heavy (non-hydrogen) atoms. The van der Waals surface area contributed by atoms with E-state index in [1.807, 2.05) is 0 Å². The molecule has 1 aromatic rings. The third-order valence-corrected chi connectivity index (χ3v) is 4.80. The summed E-state index contributed by atoms with van der Waals surface area (Å²) in [7, 11) is 0. The van der Waals surface area contributed by atoms with Gasteiger partial charge in [-0.25, -0.2) is 4.39 Å². The number of hydrogen-bond acceptors (Lipinski definition) is 3. The fourth-order valence-corrected chi connectivity index (χ4v) is 3.30. The minimum Gasteiger partial charge on any atom is -0.344 e. The standard InChI is InChI=1S/C18H22FN3O3/c19-14-4-2-1-3-13(14)5-8-17(24)21-9-11-22(12-10-21)18(25)15-6-7-16(23)20-15/h1-4,15H,5-12H2,(H,20,23). The third kappa shape index (κ3) is 4.15. The van der Waals surface area contributed by atoms with E-state index in [1.54, 1.807) is 28.0 Å². The van der Waals surface area contributed by atoms with Crippen molar-refractivity contribution < 1.29 is 18.8 Å². The molecule has 0 bridgehead atoms. The number of hydrogen-bond donors (Lipinski definition) is 1. The highest BCUT2D eigenvalue weighted by Crippen LogP contribution is 2.14. The molecule has 6 nitrogen and oxygen atoms in total. The predicted octanol–water partition coefficient (Wildman–Crippen LogP) is 0.708. The Bertz CT molecular complexity index is 671. The highest BCUT2D eigenvalue weighted by Gasteiger charge is 2.32. The van der Waals surface area contributed by atoms with Gasteiger partial charge in [-0.15, -0.1) is 0 Å². The Morgan fingerprint density at radius 2 is 1.80 bits per heavy atom. The van der Waals surface area contributed by atoms with Gasteiger partial charge in [-0.2, -0.15) is 0 Å². The van der Waals surface area contributed by atoms with Gasteiger partial charge in [0, 0.05) is 39.0 Å². The summed E-state index contributed by atoms with van der Waals surface area (Å²) in [5, 5.41) is 2.68. The van der Waals surface area contributed by atoms with Crippen LogP contribution in [0.4, 0.5) is 4.39 Å². The number of benzene rings is 1. The van der Waals surface area contributed by atoms with E-state index in [9.17, 15) is 18.8 Å². The molecule has 2 saturated heterocycles. The molecule has 3 rings (SSSR count). The number of carbonyl (C=O) groups is 3. The van der Waals surface area contributed by atoms with Gasteiger partial charge in [-0.1, -0.05) is 18.2 Å². The van der Waals surface area contributed by atoms with Gasteiger partial charge in [0.05, 0.1) is 0 Å². The molecule has 134 valence electrons. The molecular formula is C18H22FN3O3. The zero-order chi connectivity index (χ0) is 17.8. The molecule has 2 aliphatic heterocycles. The summed E-state index contributed by atoms with van der Waals surface area (Å²) in [6, 6.07) is 6.05. The lowest BCUT2D eigenvalue weighted by Gasteiger charge is -2.36. The number of amides is 3. The maximum absolute atomic E-state index is 13.6. The Hall–Kier alpha value is -2.44. The Morgan fingerprint density at radius 3 is 2.44 bits per heavy atom. The van der Waals surface area contributed by atoms with Crippen LogP contribution in [0.5, 0.6) is 0 Å². The van der Waals surface area contributed by atoms with Gasteiger partial charge in [0.25, 0.3) is 0 Å². The summed E-state index contributed by atoms with van der Waals surface area (Å²) in [4.78, 5) is 39.3. The van der Waals surface area contributed by atoms with Crippen molar-refractivity contribution in [2.45, 2.75) is 31.7 Å². The fourth-order valence-electron chi connectivity index (χ4n) is 3.30. The number of aryl methyl sites for hydroxylation is 1. The first-order chi connectivity index (χ1) is 12.0. The van der Waals surface area contributed by atoms with Crippen LogP contribution in [-0.2, 0) is 20.8 Å². The zero-order valence-electron chi connectivity index (χ0n) is 14.0. The number of halogens is 1. The SMILES string of the molecule is O=C1CCC(C(=O)N2CCN(C(=O)CCc3ccccc3F)CC2)N1. The molecule has 0 saturated carbocycles. The average Bonchev–Trinajstić information content (AvgIpc) is 3.07. The second kappa shape index (κ2) is 7.63. The van der Waals surface area contributed by atoms with Crippen LogP contribution >= 0.6 is 0 Å². The minimum absolute atomic E-state index is 0.0236. The third-order valence-electron chi connectivity index (χ3n) is 4.80. The van der Waals surface area contributed by atoms with Crippen molar-refractivity contribution in [2.24, 2.45) is 0 Å². The molecular weight excluding hydrogens is 325 g/mol. The second-order valence-electron chi connectivity index (χ2n) is 6.46. The lowest BCUT2D eigenvalue weighted by Crippen LogP contribution is -2.54. The first kappa shape index (κ1) is 17.4. The molecule has 3 amide bonds. The van der Waals surface area contributed by atoms with Gasteiger partial charge >= 0.3 is 0 Å². The summed E-state index contributed by atoms with van der Waals surface area (Å²) >= 11 is 0. The average molecular weight is 347 g/mol. The molecule has 0 aliphatic carbocycles. The van der Waals surface area contributed by atoms with Gasteiger partial charge in [-0.05, 0) is 24.5 Å². The summed E-state index contributed by atoms with van der Waals surface area (Å²) in [5.41, 5.74) is 0.543. The highest BCUT2D eigenvalue weighted by molar-refractivity contribution is 5.91. The van der Waals surface area contributed by atoms with Crippen LogP contribution in [0.2, 0.25) is 0 Å². The quantitative estimate of drug-likeness (QED) is 0.872. The first-order valence-electron chi connectivity index (χ1n) is 8.64. The molecule has 7 heteroatoms. The van der Waals surface area contributed by atoms with Crippen LogP contribution < -0.4 is 5.32 Å². The van der Waals surface area contributed by atoms with E-state index in [-0.39, 0.29) is 30.0 Å². The minimum atomic E-state index is -0.421. The van der Waals surface area contributed by atoms with Crippen molar-refractivity contribution in [3.05, 3.63) is 35.6 Å². The van der Waals surface area contributed by atoms with E-state index in [1.165, 1.54) is 6.07 Å². The van der Waals surface area contributed by atoms with Crippen molar-refractivity contribution in [1.29, 1.82) is 0 Å². The van der Waals surface area contributed by atoms with Crippen molar-refractivity contribution in [3.8, 4) is 0 Å². The molecule has 0 radical (unpaired) electrons. The number of piperazine rings is 1. The van der Waals surface area contributed by atoms with Crippen LogP contribution in [0.25, 0.3) is 0 Å². The second-order valence-corrected chi connectivity index (χ2v) is 6.46. The predicted molar refractivity (Wildman–Crippen MR) is 89.0 cm³/mol. The molecule has 1 aromatic carbocycles. The fraction of sp³-hybridized carbons (Fsp3) is 0.500. The van der Waals surface area contributed by atoms with Gasteiger partial charge in [0.15, 0.2) is 0 Å². The van der Waals surface area contributed by atoms with Crippen molar-refractivity contribution in [1.82, 2.24) is 15.1 Å². The zero-order valence-corrected chi connectivity index (χ0v) is 14.0. The Morgan fingerprint density at radius 1 is 1.12 bits per heavy atom. The van der Waals surface area contributed by atoms with E-state index < -0.39 is 6.04 Å². The van der Waals surface area contributed by atoms with Crippen molar-refractivity contribution >= 4 is 17.7 Å². The maximum Gasteiger partial charge on any atom is 0.245 e. The molecule has 2 heterocycles. The van der Waals surface area contributed by atoms with E-state index in [4.69, 9.17) is 0 Å². The summed E-state index contributed by atoms with van der Waals surface area (Å²) < 4.78 is 13.6. The number of carbonyl (C=O) groups excluding carboxylic acids is 3. The molecule has 2 fully saturated rings. The normalized spacial score (nSPS) is 20.5.